The molecule has 0 atom stereocenters. The maximum absolute atomic E-state index is 10.1. The molecule has 0 fully saturated rings. The summed E-state index contributed by atoms with van der Waals surface area (Å²) in [5.74, 6) is 0. The van der Waals surface area contributed by atoms with Gasteiger partial charge in [0.05, 0.1) is 0 Å². The Morgan fingerprint density at radius 2 is 1.11 bits per heavy atom. The second kappa shape index (κ2) is 14.1. The summed E-state index contributed by atoms with van der Waals surface area (Å²) in [7, 11) is 0. The van der Waals surface area contributed by atoms with E-state index in [9.17, 15) is 14.9 Å². The smallest absolute Gasteiger partial charge is 0.203 e. The van der Waals surface area contributed by atoms with Gasteiger partial charge in [0, 0.05) is 17.8 Å². The van der Waals surface area contributed by atoms with Crippen LogP contribution >= 0.6 is 0 Å². The fourth-order valence-electron chi connectivity index (χ4n) is 2.03. The summed E-state index contributed by atoms with van der Waals surface area (Å²) in [5, 5.41) is 10.1. The summed E-state index contributed by atoms with van der Waals surface area (Å²) in [6.07, 6.45) is 15.0. The third-order valence-electron chi connectivity index (χ3n) is 3.12. The highest BCUT2D eigenvalue weighted by atomic mass is 16.6. The molecule has 0 saturated heterocycles. The molecule has 0 aromatic carbocycles. The highest BCUT2D eigenvalue weighted by Crippen LogP contribution is 2.11. The van der Waals surface area contributed by atoms with Gasteiger partial charge in [0.1, 0.15) is 0 Å². The first-order valence-corrected chi connectivity index (χ1v) is 7.24. The SMILES string of the molecule is O=[C]CCCCCCCCCCCCC[N+](=O)[O-]. The van der Waals surface area contributed by atoms with Gasteiger partial charge >= 0.3 is 0 Å². The first-order chi connectivity index (χ1) is 8.77. The third kappa shape index (κ3) is 15.1. The Morgan fingerprint density at radius 1 is 0.722 bits per heavy atom. The normalized spacial score (nSPS) is 10.4. The topological polar surface area (TPSA) is 60.2 Å². The van der Waals surface area contributed by atoms with Gasteiger partial charge in [0.2, 0.25) is 6.54 Å². The van der Waals surface area contributed by atoms with Gasteiger partial charge in [-0.05, 0) is 12.8 Å². The average molecular weight is 256 g/mol. The Labute approximate surface area is 110 Å². The van der Waals surface area contributed by atoms with Gasteiger partial charge in [-0.1, -0.05) is 51.4 Å². The Bertz CT molecular complexity index is 207. The molecule has 1 radical (unpaired) electrons. The van der Waals surface area contributed by atoms with Crippen LogP contribution in [0.25, 0.3) is 0 Å². The molecule has 0 aliphatic rings. The van der Waals surface area contributed by atoms with Crippen molar-refractivity contribution < 1.29 is 9.72 Å². The van der Waals surface area contributed by atoms with Crippen LogP contribution in [0.15, 0.2) is 0 Å². The Balaban J connectivity index is 2.94. The molecular formula is C14H26NO3. The molecule has 0 N–H and O–H groups in total. The zero-order valence-corrected chi connectivity index (χ0v) is 11.4. The Kier molecular flexibility index (Phi) is 13.4. The van der Waals surface area contributed by atoms with Crippen molar-refractivity contribution in [3.8, 4) is 0 Å². The van der Waals surface area contributed by atoms with Crippen molar-refractivity contribution in [2.75, 3.05) is 6.54 Å². The van der Waals surface area contributed by atoms with Crippen LogP contribution in [0.1, 0.15) is 77.0 Å². The molecule has 0 aromatic heterocycles. The lowest BCUT2D eigenvalue weighted by molar-refractivity contribution is -0.480. The van der Waals surface area contributed by atoms with Crippen molar-refractivity contribution in [1.29, 1.82) is 0 Å². The Hall–Kier alpha value is -0.930. The minimum absolute atomic E-state index is 0.123. The number of unbranched alkanes of at least 4 members (excludes halogenated alkanes) is 11. The number of rotatable bonds is 14. The molecule has 0 heterocycles. The largest absolute Gasteiger partial charge is 0.291 e. The molecule has 0 amide bonds. The van der Waals surface area contributed by atoms with Gasteiger partial charge in [-0.3, -0.25) is 14.9 Å². The van der Waals surface area contributed by atoms with E-state index in [1.54, 1.807) is 0 Å². The summed E-state index contributed by atoms with van der Waals surface area (Å²) in [6.45, 7) is 0.123. The summed E-state index contributed by atoms with van der Waals surface area (Å²) < 4.78 is 0. The van der Waals surface area contributed by atoms with E-state index in [1.165, 1.54) is 38.5 Å². The predicted octanol–water partition coefficient (Wildman–Crippen LogP) is 4.05. The summed E-state index contributed by atoms with van der Waals surface area (Å²) in [4.78, 5) is 19.8. The summed E-state index contributed by atoms with van der Waals surface area (Å²) in [5.41, 5.74) is 0. The van der Waals surface area contributed by atoms with Crippen molar-refractivity contribution in [3.63, 3.8) is 0 Å². The van der Waals surface area contributed by atoms with Crippen molar-refractivity contribution in [2.45, 2.75) is 77.0 Å². The lowest BCUT2D eigenvalue weighted by Gasteiger charge is -2.01. The average Bonchev–Trinajstić information content (AvgIpc) is 2.34. The van der Waals surface area contributed by atoms with E-state index in [1.807, 2.05) is 6.29 Å². The molecule has 0 aliphatic heterocycles. The highest BCUT2D eigenvalue weighted by molar-refractivity contribution is 5.50. The summed E-state index contributed by atoms with van der Waals surface area (Å²) in [6, 6.07) is 0. The second-order valence-electron chi connectivity index (χ2n) is 4.84. The molecule has 4 heteroatoms. The highest BCUT2D eigenvalue weighted by Gasteiger charge is 1.97. The first-order valence-electron chi connectivity index (χ1n) is 7.24. The number of hydrogen-bond acceptors (Lipinski definition) is 3. The van der Waals surface area contributed by atoms with Gasteiger partial charge in [-0.2, -0.15) is 0 Å². The second-order valence-corrected chi connectivity index (χ2v) is 4.84. The number of hydrogen-bond donors (Lipinski definition) is 0. The predicted molar refractivity (Wildman–Crippen MR) is 73.0 cm³/mol. The molecule has 0 unspecified atom stereocenters. The zero-order chi connectivity index (χ0) is 13.5. The van der Waals surface area contributed by atoms with Crippen LogP contribution in [-0.2, 0) is 4.79 Å². The zero-order valence-electron chi connectivity index (χ0n) is 11.4. The van der Waals surface area contributed by atoms with Crippen LogP contribution in [0.2, 0.25) is 0 Å². The van der Waals surface area contributed by atoms with Crippen LogP contribution in [0, 0.1) is 10.1 Å². The fourth-order valence-corrected chi connectivity index (χ4v) is 2.03. The maximum atomic E-state index is 10.1. The lowest BCUT2D eigenvalue weighted by atomic mass is 10.1. The quantitative estimate of drug-likeness (QED) is 0.267. The van der Waals surface area contributed by atoms with E-state index in [0.29, 0.717) is 6.42 Å². The van der Waals surface area contributed by atoms with Gasteiger partial charge in [0.15, 0.2) is 6.29 Å². The van der Waals surface area contributed by atoms with Crippen molar-refractivity contribution in [1.82, 2.24) is 0 Å². The molecule has 0 aromatic rings. The van der Waals surface area contributed by atoms with Gasteiger partial charge in [0.25, 0.3) is 0 Å². The molecule has 18 heavy (non-hydrogen) atoms. The van der Waals surface area contributed by atoms with Crippen LogP contribution in [-0.4, -0.2) is 17.8 Å². The standard InChI is InChI=1S/C14H26NO3/c16-14-12-10-8-6-4-2-1-3-5-7-9-11-13-15(17)18/h1-13H2. The van der Waals surface area contributed by atoms with Crippen molar-refractivity contribution in [2.24, 2.45) is 0 Å². The van der Waals surface area contributed by atoms with Crippen molar-refractivity contribution >= 4 is 6.29 Å². The first kappa shape index (κ1) is 17.1. The number of nitro groups is 1. The molecule has 0 rings (SSSR count). The van der Waals surface area contributed by atoms with E-state index in [0.717, 1.165) is 32.1 Å². The molecule has 4 nitrogen and oxygen atoms in total. The van der Waals surface area contributed by atoms with Crippen LogP contribution in [0.4, 0.5) is 0 Å². The fraction of sp³-hybridized carbons (Fsp3) is 0.929. The lowest BCUT2D eigenvalue weighted by Crippen LogP contribution is -1.99. The van der Waals surface area contributed by atoms with Crippen LogP contribution < -0.4 is 0 Å². The summed E-state index contributed by atoms with van der Waals surface area (Å²) >= 11 is 0. The maximum Gasteiger partial charge on any atom is 0.203 e. The number of nitrogens with zero attached hydrogens (tertiary/aromatic N) is 1. The van der Waals surface area contributed by atoms with Crippen LogP contribution in [0.3, 0.4) is 0 Å². The minimum Gasteiger partial charge on any atom is -0.291 e. The van der Waals surface area contributed by atoms with Crippen molar-refractivity contribution in [3.05, 3.63) is 10.1 Å². The molecule has 0 bridgehead atoms. The van der Waals surface area contributed by atoms with Gasteiger partial charge in [-0.25, -0.2) is 0 Å². The molecule has 0 saturated carbocycles. The van der Waals surface area contributed by atoms with E-state index in [-0.39, 0.29) is 11.5 Å². The molecule has 105 valence electrons. The van der Waals surface area contributed by atoms with E-state index < -0.39 is 0 Å². The van der Waals surface area contributed by atoms with Gasteiger partial charge < -0.3 is 0 Å². The molecule has 0 spiro atoms. The van der Waals surface area contributed by atoms with E-state index in [4.69, 9.17) is 0 Å². The van der Waals surface area contributed by atoms with E-state index >= 15 is 0 Å². The van der Waals surface area contributed by atoms with Gasteiger partial charge in [-0.15, -0.1) is 0 Å². The Morgan fingerprint density at radius 3 is 1.50 bits per heavy atom. The monoisotopic (exact) mass is 256 g/mol. The third-order valence-corrected chi connectivity index (χ3v) is 3.12. The molecule has 0 aliphatic carbocycles. The van der Waals surface area contributed by atoms with Crippen LogP contribution in [0.5, 0.6) is 0 Å². The number of carbonyl (C=O) groups excluding carboxylic acids is 1. The molecular weight excluding hydrogens is 230 g/mol. The van der Waals surface area contributed by atoms with E-state index in [2.05, 4.69) is 0 Å². The minimum atomic E-state index is -0.234.